The molecule has 5 rings (SSSR count). The van der Waals surface area contributed by atoms with Gasteiger partial charge in [0.25, 0.3) is 5.91 Å². The van der Waals surface area contributed by atoms with Gasteiger partial charge in [0.2, 0.25) is 5.65 Å². The third-order valence-corrected chi connectivity index (χ3v) is 4.88. The smallest absolute Gasteiger partial charge is 0.289 e. The van der Waals surface area contributed by atoms with Crippen LogP contribution in [0.2, 0.25) is 0 Å². The number of rotatable bonds is 3. The predicted molar refractivity (Wildman–Crippen MR) is 89.6 cm³/mol. The van der Waals surface area contributed by atoms with Crippen LogP contribution in [0.3, 0.4) is 0 Å². The maximum atomic E-state index is 12.4. The van der Waals surface area contributed by atoms with E-state index in [1.807, 2.05) is 11.1 Å². The highest BCUT2D eigenvalue weighted by molar-refractivity contribution is 5.91. The van der Waals surface area contributed by atoms with E-state index in [-0.39, 0.29) is 5.91 Å². The molecule has 8 nitrogen and oxygen atoms in total. The lowest BCUT2D eigenvalue weighted by molar-refractivity contribution is 0.0714. The summed E-state index contributed by atoms with van der Waals surface area (Å²) in [7, 11) is 0. The maximum Gasteiger partial charge on any atom is 0.289 e. The molecule has 0 N–H and O–H groups in total. The van der Waals surface area contributed by atoms with E-state index in [1.165, 1.54) is 19.1 Å². The molecule has 1 aliphatic heterocycles. The third kappa shape index (κ3) is 2.45. The molecule has 3 aromatic rings. The van der Waals surface area contributed by atoms with Crippen LogP contribution in [0.1, 0.15) is 35.1 Å². The minimum atomic E-state index is -0.0608. The second-order valence-electron chi connectivity index (χ2n) is 6.53. The fraction of sp³-hybridized carbons (Fsp3) is 0.412. The van der Waals surface area contributed by atoms with Gasteiger partial charge < -0.3 is 14.2 Å². The second kappa shape index (κ2) is 5.58. The van der Waals surface area contributed by atoms with Crippen LogP contribution in [0.15, 0.2) is 35.2 Å². The van der Waals surface area contributed by atoms with E-state index in [2.05, 4.69) is 24.5 Å². The molecule has 0 unspecified atom stereocenters. The number of carbonyl (C=O) groups excluding carboxylic acids is 1. The van der Waals surface area contributed by atoms with Gasteiger partial charge in [0.05, 0.1) is 6.26 Å². The molecule has 2 fully saturated rings. The van der Waals surface area contributed by atoms with Crippen LogP contribution in [0, 0.1) is 0 Å². The summed E-state index contributed by atoms with van der Waals surface area (Å²) in [5.74, 6) is 2.74. The Morgan fingerprint density at radius 1 is 1.16 bits per heavy atom. The number of anilines is 1. The summed E-state index contributed by atoms with van der Waals surface area (Å²) >= 11 is 0. The van der Waals surface area contributed by atoms with Crippen molar-refractivity contribution < 1.29 is 9.21 Å². The Morgan fingerprint density at radius 3 is 2.72 bits per heavy atom. The molecule has 2 aliphatic rings. The van der Waals surface area contributed by atoms with Crippen molar-refractivity contribution in [1.29, 1.82) is 0 Å². The number of fused-ring (bicyclic) bond motifs is 1. The van der Waals surface area contributed by atoms with Gasteiger partial charge in [-0.2, -0.15) is 0 Å². The van der Waals surface area contributed by atoms with Gasteiger partial charge in [0.15, 0.2) is 11.6 Å². The van der Waals surface area contributed by atoms with Gasteiger partial charge in [-0.3, -0.25) is 9.20 Å². The Labute approximate surface area is 144 Å². The summed E-state index contributed by atoms with van der Waals surface area (Å²) < 4.78 is 7.27. The van der Waals surface area contributed by atoms with E-state index in [0.717, 1.165) is 17.3 Å². The summed E-state index contributed by atoms with van der Waals surface area (Å²) in [5, 5.41) is 8.72. The molecule has 1 amide bonds. The zero-order chi connectivity index (χ0) is 16.8. The Bertz CT molecular complexity index is 907. The molecule has 0 bridgehead atoms. The molecule has 1 saturated carbocycles. The minimum absolute atomic E-state index is 0.0608. The second-order valence-corrected chi connectivity index (χ2v) is 6.53. The first-order valence-electron chi connectivity index (χ1n) is 8.58. The number of hydrogen-bond donors (Lipinski definition) is 0. The highest BCUT2D eigenvalue weighted by Gasteiger charge is 2.30. The molecule has 1 saturated heterocycles. The third-order valence-electron chi connectivity index (χ3n) is 4.88. The molecule has 128 valence electrons. The number of amides is 1. The Kier molecular flexibility index (Phi) is 3.22. The summed E-state index contributed by atoms with van der Waals surface area (Å²) in [6, 6.07) is 3.43. The predicted octanol–water partition coefficient (Wildman–Crippen LogP) is 1.56. The lowest BCUT2D eigenvalue weighted by Gasteiger charge is -2.34. The SMILES string of the molecule is O=C(c1ccco1)N1CCN(c2nccn3c(C4CC4)nnc23)CC1. The van der Waals surface area contributed by atoms with E-state index in [1.54, 1.807) is 18.3 Å². The zero-order valence-corrected chi connectivity index (χ0v) is 13.7. The van der Waals surface area contributed by atoms with Gasteiger partial charge in [-0.1, -0.05) is 0 Å². The number of furan rings is 1. The number of aromatic nitrogens is 4. The van der Waals surface area contributed by atoms with Crippen LogP contribution >= 0.6 is 0 Å². The van der Waals surface area contributed by atoms with Crippen LogP contribution in [0.25, 0.3) is 5.65 Å². The van der Waals surface area contributed by atoms with Crippen molar-refractivity contribution in [3.8, 4) is 0 Å². The number of carbonyl (C=O) groups is 1. The van der Waals surface area contributed by atoms with E-state index in [0.29, 0.717) is 37.9 Å². The topological polar surface area (TPSA) is 79.8 Å². The molecule has 1 aliphatic carbocycles. The van der Waals surface area contributed by atoms with E-state index >= 15 is 0 Å². The summed E-state index contributed by atoms with van der Waals surface area (Å²) in [6.45, 7) is 2.69. The Hall–Kier alpha value is -2.90. The standard InChI is InChI=1S/C17H18N6O2/c24-17(13-2-1-11-25-13)22-9-7-21(8-10-22)15-16-20-19-14(12-3-4-12)23(16)6-5-18-15/h1-2,5-6,11-12H,3-4,7-10H2. The van der Waals surface area contributed by atoms with Crippen molar-refractivity contribution in [2.75, 3.05) is 31.1 Å². The van der Waals surface area contributed by atoms with Gasteiger partial charge in [-0.05, 0) is 25.0 Å². The van der Waals surface area contributed by atoms with Crippen molar-refractivity contribution in [3.05, 3.63) is 42.4 Å². The summed E-state index contributed by atoms with van der Waals surface area (Å²) in [5.41, 5.74) is 0.801. The van der Waals surface area contributed by atoms with Crippen molar-refractivity contribution in [1.82, 2.24) is 24.5 Å². The summed E-state index contributed by atoms with van der Waals surface area (Å²) in [6.07, 6.45) is 7.63. The van der Waals surface area contributed by atoms with Crippen LogP contribution in [-0.4, -0.2) is 56.6 Å². The zero-order valence-electron chi connectivity index (χ0n) is 13.7. The fourth-order valence-corrected chi connectivity index (χ4v) is 3.35. The number of piperazine rings is 1. The van der Waals surface area contributed by atoms with Crippen LogP contribution in [0.4, 0.5) is 5.82 Å². The first-order valence-corrected chi connectivity index (χ1v) is 8.58. The molecule has 0 radical (unpaired) electrons. The lowest BCUT2D eigenvalue weighted by Crippen LogP contribution is -2.49. The van der Waals surface area contributed by atoms with Crippen molar-refractivity contribution in [2.24, 2.45) is 0 Å². The minimum Gasteiger partial charge on any atom is -0.459 e. The average Bonchev–Trinajstić information content (AvgIpc) is 3.19. The van der Waals surface area contributed by atoms with E-state index in [4.69, 9.17) is 4.42 Å². The fourth-order valence-electron chi connectivity index (χ4n) is 3.35. The van der Waals surface area contributed by atoms with Crippen LogP contribution in [0.5, 0.6) is 0 Å². The normalized spacial score (nSPS) is 18.1. The average molecular weight is 338 g/mol. The molecule has 25 heavy (non-hydrogen) atoms. The molecule has 3 aromatic heterocycles. The van der Waals surface area contributed by atoms with Crippen molar-refractivity contribution in [2.45, 2.75) is 18.8 Å². The summed E-state index contributed by atoms with van der Waals surface area (Å²) in [4.78, 5) is 20.9. The highest BCUT2D eigenvalue weighted by Crippen LogP contribution is 2.39. The Morgan fingerprint density at radius 2 is 2.00 bits per heavy atom. The molecule has 0 spiro atoms. The van der Waals surface area contributed by atoms with Gasteiger partial charge >= 0.3 is 0 Å². The molecule has 0 atom stereocenters. The van der Waals surface area contributed by atoms with Gasteiger partial charge in [-0.25, -0.2) is 4.98 Å². The van der Waals surface area contributed by atoms with Gasteiger partial charge in [-0.15, -0.1) is 10.2 Å². The van der Waals surface area contributed by atoms with Crippen LogP contribution < -0.4 is 4.90 Å². The number of nitrogens with zero attached hydrogens (tertiary/aromatic N) is 6. The van der Waals surface area contributed by atoms with Crippen LogP contribution in [-0.2, 0) is 0 Å². The first-order chi connectivity index (χ1) is 12.3. The molecule has 0 aromatic carbocycles. The number of hydrogen-bond acceptors (Lipinski definition) is 6. The maximum absolute atomic E-state index is 12.4. The Balaban J connectivity index is 1.35. The largest absolute Gasteiger partial charge is 0.459 e. The van der Waals surface area contributed by atoms with E-state index in [9.17, 15) is 4.79 Å². The van der Waals surface area contributed by atoms with Gasteiger partial charge in [0, 0.05) is 44.5 Å². The highest BCUT2D eigenvalue weighted by atomic mass is 16.3. The molecular weight excluding hydrogens is 320 g/mol. The molecular formula is C17H18N6O2. The molecule has 4 heterocycles. The van der Waals surface area contributed by atoms with Crippen molar-refractivity contribution in [3.63, 3.8) is 0 Å². The first kappa shape index (κ1) is 14.4. The molecule has 8 heteroatoms. The lowest BCUT2D eigenvalue weighted by atomic mass is 10.3. The quantitative estimate of drug-likeness (QED) is 0.721. The van der Waals surface area contributed by atoms with Crippen molar-refractivity contribution >= 4 is 17.4 Å². The van der Waals surface area contributed by atoms with E-state index < -0.39 is 0 Å². The monoisotopic (exact) mass is 338 g/mol. The van der Waals surface area contributed by atoms with Gasteiger partial charge in [0.1, 0.15) is 5.82 Å².